The quantitative estimate of drug-likeness (QED) is 0.849. The topological polar surface area (TPSA) is 72.7 Å². The molecule has 0 aliphatic carbocycles. The Kier molecular flexibility index (Phi) is 2.82. The highest BCUT2D eigenvalue weighted by molar-refractivity contribution is 6.29. The maximum Gasteiger partial charge on any atom is 0.277 e. The van der Waals surface area contributed by atoms with Gasteiger partial charge in [0.05, 0.1) is 6.20 Å². The van der Waals surface area contributed by atoms with E-state index in [2.05, 4.69) is 20.6 Å². The van der Waals surface area contributed by atoms with Crippen LogP contribution >= 0.6 is 11.6 Å². The van der Waals surface area contributed by atoms with Crippen molar-refractivity contribution in [2.75, 3.05) is 5.32 Å². The molecule has 82 valence electrons. The van der Waals surface area contributed by atoms with Crippen LogP contribution < -0.4 is 5.32 Å². The third kappa shape index (κ3) is 2.17. The minimum atomic E-state index is -0.354. The summed E-state index contributed by atoms with van der Waals surface area (Å²) in [6.07, 6.45) is 1.59. The molecule has 1 amide bonds. The lowest BCUT2D eigenvalue weighted by Crippen LogP contribution is -2.16. The van der Waals surface area contributed by atoms with Crippen LogP contribution in [0.25, 0.3) is 0 Å². The number of nitrogens with one attached hydrogen (secondary N) is 1. The fourth-order valence-electron chi connectivity index (χ4n) is 1.11. The summed E-state index contributed by atoms with van der Waals surface area (Å²) in [5.74, 6) is 0.231. The van der Waals surface area contributed by atoms with E-state index < -0.39 is 0 Å². The van der Waals surface area contributed by atoms with E-state index in [0.29, 0.717) is 5.82 Å². The van der Waals surface area contributed by atoms with Gasteiger partial charge >= 0.3 is 0 Å². The number of aryl methyl sites for hydroxylation is 1. The summed E-state index contributed by atoms with van der Waals surface area (Å²) in [6, 6.07) is 4.69. The van der Waals surface area contributed by atoms with Crippen LogP contribution in [0.2, 0.25) is 5.15 Å². The molecule has 0 unspecified atom stereocenters. The first-order valence-corrected chi connectivity index (χ1v) is 4.83. The van der Waals surface area contributed by atoms with Gasteiger partial charge in [0.15, 0.2) is 10.8 Å². The highest BCUT2D eigenvalue weighted by Gasteiger charge is 2.09. The zero-order chi connectivity index (χ0) is 11.5. The summed E-state index contributed by atoms with van der Waals surface area (Å²) >= 11 is 5.56. The number of anilines is 1. The van der Waals surface area contributed by atoms with Crippen molar-refractivity contribution in [1.82, 2.24) is 20.0 Å². The van der Waals surface area contributed by atoms with E-state index in [0.717, 1.165) is 0 Å². The van der Waals surface area contributed by atoms with Crippen LogP contribution in [0.1, 0.15) is 10.5 Å². The smallest absolute Gasteiger partial charge is 0.277 e. The average molecular weight is 238 g/mol. The minimum absolute atomic E-state index is 0.200. The van der Waals surface area contributed by atoms with Crippen molar-refractivity contribution < 1.29 is 4.79 Å². The van der Waals surface area contributed by atoms with Crippen LogP contribution in [0.4, 0.5) is 5.82 Å². The predicted molar refractivity (Wildman–Crippen MR) is 58.2 cm³/mol. The molecule has 0 aliphatic rings. The lowest BCUT2D eigenvalue weighted by atomic mass is 10.3. The van der Waals surface area contributed by atoms with Gasteiger partial charge in [-0.2, -0.15) is 5.10 Å². The van der Waals surface area contributed by atoms with Gasteiger partial charge < -0.3 is 5.32 Å². The Morgan fingerprint density at radius 2 is 2.19 bits per heavy atom. The molecule has 0 saturated heterocycles. The second kappa shape index (κ2) is 4.28. The summed E-state index contributed by atoms with van der Waals surface area (Å²) in [4.78, 5) is 11.7. The van der Waals surface area contributed by atoms with E-state index in [1.54, 1.807) is 24.0 Å². The second-order valence-corrected chi connectivity index (χ2v) is 3.42. The zero-order valence-electron chi connectivity index (χ0n) is 8.38. The van der Waals surface area contributed by atoms with Crippen molar-refractivity contribution in [2.45, 2.75) is 0 Å². The fraction of sp³-hybridized carbons (Fsp3) is 0.111. The molecule has 0 bridgehead atoms. The lowest BCUT2D eigenvalue weighted by Gasteiger charge is -2.03. The van der Waals surface area contributed by atoms with Crippen LogP contribution in [0.5, 0.6) is 0 Å². The Bertz CT molecular complexity index is 507. The van der Waals surface area contributed by atoms with E-state index in [1.165, 1.54) is 12.1 Å². The van der Waals surface area contributed by atoms with Gasteiger partial charge in [0.25, 0.3) is 5.91 Å². The van der Waals surface area contributed by atoms with E-state index in [9.17, 15) is 4.79 Å². The summed E-state index contributed by atoms with van der Waals surface area (Å²) in [7, 11) is 1.73. The van der Waals surface area contributed by atoms with Gasteiger partial charge in [-0.1, -0.05) is 11.6 Å². The molecular weight excluding hydrogens is 230 g/mol. The van der Waals surface area contributed by atoms with Crippen LogP contribution in [0.15, 0.2) is 24.4 Å². The van der Waals surface area contributed by atoms with Gasteiger partial charge in [0, 0.05) is 13.1 Å². The Morgan fingerprint density at radius 3 is 2.75 bits per heavy atom. The summed E-state index contributed by atoms with van der Waals surface area (Å²) < 4.78 is 1.54. The molecule has 0 aromatic carbocycles. The standard InChI is InChI=1S/C9H8ClN5O/c1-15-8(4-5-11-15)12-9(16)6-2-3-7(10)14-13-6/h2-5H,1H3,(H,12,16). The largest absolute Gasteiger partial charge is 0.305 e. The number of carbonyl (C=O) groups excluding carboxylic acids is 1. The first-order valence-electron chi connectivity index (χ1n) is 4.45. The van der Waals surface area contributed by atoms with Crippen molar-refractivity contribution in [3.63, 3.8) is 0 Å². The van der Waals surface area contributed by atoms with E-state index in [-0.39, 0.29) is 16.8 Å². The van der Waals surface area contributed by atoms with Crippen molar-refractivity contribution in [1.29, 1.82) is 0 Å². The molecule has 0 aliphatic heterocycles. The SMILES string of the molecule is Cn1nccc1NC(=O)c1ccc(Cl)nn1. The Labute approximate surface area is 96.2 Å². The van der Waals surface area contributed by atoms with Crippen molar-refractivity contribution in [2.24, 2.45) is 7.05 Å². The lowest BCUT2D eigenvalue weighted by molar-refractivity contribution is 0.102. The van der Waals surface area contributed by atoms with Gasteiger partial charge in [-0.05, 0) is 12.1 Å². The number of hydrogen-bond acceptors (Lipinski definition) is 4. The Balaban J connectivity index is 2.15. The van der Waals surface area contributed by atoms with Gasteiger partial charge in [-0.15, -0.1) is 10.2 Å². The molecule has 0 fully saturated rings. The zero-order valence-corrected chi connectivity index (χ0v) is 9.14. The number of carbonyl (C=O) groups is 1. The molecule has 2 aromatic rings. The summed E-state index contributed by atoms with van der Waals surface area (Å²) in [5.41, 5.74) is 0.200. The van der Waals surface area contributed by atoms with E-state index in [1.807, 2.05) is 0 Å². The number of hydrogen-bond donors (Lipinski definition) is 1. The van der Waals surface area contributed by atoms with Crippen LogP contribution in [0, 0.1) is 0 Å². The molecule has 2 rings (SSSR count). The number of nitrogens with zero attached hydrogens (tertiary/aromatic N) is 4. The molecular formula is C9H8ClN5O. The average Bonchev–Trinajstić information content (AvgIpc) is 2.65. The molecule has 2 heterocycles. The highest BCUT2D eigenvalue weighted by Crippen LogP contribution is 2.07. The Morgan fingerprint density at radius 1 is 1.38 bits per heavy atom. The van der Waals surface area contributed by atoms with Crippen molar-refractivity contribution in [3.8, 4) is 0 Å². The maximum atomic E-state index is 11.7. The Hall–Kier alpha value is -1.95. The van der Waals surface area contributed by atoms with Gasteiger partial charge in [0.2, 0.25) is 0 Å². The second-order valence-electron chi connectivity index (χ2n) is 3.04. The molecule has 16 heavy (non-hydrogen) atoms. The number of halogens is 1. The molecule has 1 N–H and O–H groups in total. The number of aromatic nitrogens is 4. The van der Waals surface area contributed by atoms with Crippen LogP contribution in [0.3, 0.4) is 0 Å². The predicted octanol–water partition coefficient (Wildman–Crippen LogP) is 1.12. The van der Waals surface area contributed by atoms with Crippen molar-refractivity contribution in [3.05, 3.63) is 35.2 Å². The normalized spacial score (nSPS) is 10.1. The minimum Gasteiger partial charge on any atom is -0.305 e. The molecule has 0 saturated carbocycles. The highest BCUT2D eigenvalue weighted by atomic mass is 35.5. The van der Waals surface area contributed by atoms with Crippen molar-refractivity contribution >= 4 is 23.3 Å². The summed E-state index contributed by atoms with van der Waals surface area (Å²) in [5, 5.41) is 14.1. The molecule has 0 atom stereocenters. The van der Waals surface area contributed by atoms with Gasteiger partial charge in [-0.25, -0.2) is 0 Å². The number of amides is 1. The van der Waals surface area contributed by atoms with Gasteiger partial charge in [-0.3, -0.25) is 9.48 Å². The monoisotopic (exact) mass is 237 g/mol. The van der Waals surface area contributed by atoms with E-state index in [4.69, 9.17) is 11.6 Å². The van der Waals surface area contributed by atoms with Crippen LogP contribution in [-0.2, 0) is 7.05 Å². The molecule has 2 aromatic heterocycles. The third-order valence-electron chi connectivity index (χ3n) is 1.93. The summed E-state index contributed by atoms with van der Waals surface area (Å²) in [6.45, 7) is 0. The molecule has 7 heteroatoms. The van der Waals surface area contributed by atoms with Crippen LogP contribution in [-0.4, -0.2) is 25.9 Å². The molecule has 6 nitrogen and oxygen atoms in total. The molecule has 0 radical (unpaired) electrons. The molecule has 0 spiro atoms. The maximum absolute atomic E-state index is 11.7. The first kappa shape index (κ1) is 10.6. The van der Waals surface area contributed by atoms with Gasteiger partial charge in [0.1, 0.15) is 5.82 Å². The van der Waals surface area contributed by atoms with E-state index >= 15 is 0 Å². The number of rotatable bonds is 2. The third-order valence-corrected chi connectivity index (χ3v) is 2.13. The fourth-order valence-corrected chi connectivity index (χ4v) is 1.21. The first-order chi connectivity index (χ1) is 7.66.